The molecular weight excluding hydrogens is 379 g/mol. The van der Waals surface area contributed by atoms with Crippen molar-refractivity contribution in [1.29, 1.82) is 0 Å². The number of rotatable bonds is 8. The number of aryl methyl sites for hydroxylation is 1. The first-order valence-electron chi connectivity index (χ1n) is 8.94. The Balaban J connectivity index is 1.51. The average Bonchev–Trinajstić information content (AvgIpc) is 3.09. The first-order valence-corrected chi connectivity index (χ1v) is 9.75. The van der Waals surface area contributed by atoms with Gasteiger partial charge in [-0.1, -0.05) is 0 Å². The number of carbonyl (C=O) groups is 1. The molecule has 1 aromatic heterocycles. The third-order valence-electron chi connectivity index (χ3n) is 3.89. The number of ether oxygens (including phenoxy) is 2. The Bertz CT molecular complexity index is 924. The van der Waals surface area contributed by atoms with Crippen LogP contribution in [0.3, 0.4) is 0 Å². The topological polar surface area (TPSA) is 60.5 Å². The number of amides is 1. The molecule has 0 radical (unpaired) electrons. The normalized spacial score (nSPS) is 10.5. The van der Waals surface area contributed by atoms with Gasteiger partial charge in [-0.3, -0.25) is 4.79 Å². The molecule has 3 rings (SSSR count). The molecule has 1 heterocycles. The van der Waals surface area contributed by atoms with E-state index in [2.05, 4.69) is 10.3 Å². The van der Waals surface area contributed by atoms with Crippen LogP contribution < -0.4 is 14.8 Å². The maximum atomic E-state index is 13.1. The second-order valence-corrected chi connectivity index (χ2v) is 6.95. The van der Waals surface area contributed by atoms with Crippen LogP contribution in [0.2, 0.25) is 0 Å². The van der Waals surface area contributed by atoms with E-state index in [4.69, 9.17) is 9.47 Å². The Hall–Kier alpha value is -2.93. The largest absolute Gasteiger partial charge is 0.494 e. The molecule has 1 amide bonds. The predicted octanol–water partition coefficient (Wildman–Crippen LogP) is 4.47. The van der Waals surface area contributed by atoms with Crippen LogP contribution in [0, 0.1) is 12.7 Å². The monoisotopic (exact) mass is 400 g/mol. The van der Waals surface area contributed by atoms with Gasteiger partial charge in [-0.25, -0.2) is 9.37 Å². The lowest BCUT2D eigenvalue weighted by Gasteiger charge is -2.08. The van der Waals surface area contributed by atoms with Crippen molar-refractivity contribution >= 4 is 17.2 Å². The maximum Gasteiger partial charge on any atom is 0.263 e. The number of benzene rings is 2. The molecule has 0 atom stereocenters. The highest BCUT2D eigenvalue weighted by atomic mass is 32.1. The third-order valence-corrected chi connectivity index (χ3v) is 5.09. The summed E-state index contributed by atoms with van der Waals surface area (Å²) in [5.74, 6) is 1.01. The first-order chi connectivity index (χ1) is 13.6. The van der Waals surface area contributed by atoms with Gasteiger partial charge in [0.05, 0.1) is 18.8 Å². The van der Waals surface area contributed by atoms with Crippen molar-refractivity contribution in [2.24, 2.45) is 0 Å². The molecular formula is C21H21FN2O3S. The van der Waals surface area contributed by atoms with Crippen LogP contribution in [-0.2, 0) is 0 Å². The van der Waals surface area contributed by atoms with Crippen molar-refractivity contribution in [2.45, 2.75) is 13.8 Å². The summed E-state index contributed by atoms with van der Waals surface area (Å²) >= 11 is 1.29. The second-order valence-electron chi connectivity index (χ2n) is 5.95. The SMILES string of the molecule is CCOc1ccc(OCCNC(=O)c2sc(-c3ccc(F)cc3)nc2C)cc1. The average molecular weight is 400 g/mol. The summed E-state index contributed by atoms with van der Waals surface area (Å²) in [5, 5.41) is 3.53. The van der Waals surface area contributed by atoms with E-state index >= 15 is 0 Å². The quantitative estimate of drug-likeness (QED) is 0.567. The van der Waals surface area contributed by atoms with Crippen LogP contribution in [0.15, 0.2) is 48.5 Å². The second kappa shape index (κ2) is 9.32. The molecule has 1 N–H and O–H groups in total. The fraction of sp³-hybridized carbons (Fsp3) is 0.238. The molecule has 0 aliphatic heterocycles. The molecule has 0 aliphatic carbocycles. The van der Waals surface area contributed by atoms with Gasteiger partial charge in [0.2, 0.25) is 0 Å². The lowest BCUT2D eigenvalue weighted by molar-refractivity contribution is 0.0950. The van der Waals surface area contributed by atoms with Crippen molar-refractivity contribution in [3.05, 3.63) is 64.9 Å². The summed E-state index contributed by atoms with van der Waals surface area (Å²) in [5.41, 5.74) is 1.43. The van der Waals surface area contributed by atoms with Crippen LogP contribution in [0.1, 0.15) is 22.3 Å². The Morgan fingerprint density at radius 3 is 2.36 bits per heavy atom. The van der Waals surface area contributed by atoms with Crippen molar-refractivity contribution < 1.29 is 18.7 Å². The summed E-state index contributed by atoms with van der Waals surface area (Å²) in [6.07, 6.45) is 0. The molecule has 146 valence electrons. The molecule has 5 nitrogen and oxygen atoms in total. The molecule has 3 aromatic rings. The molecule has 0 saturated heterocycles. The maximum absolute atomic E-state index is 13.1. The predicted molar refractivity (Wildman–Crippen MR) is 108 cm³/mol. The van der Waals surface area contributed by atoms with E-state index in [1.165, 1.54) is 23.5 Å². The summed E-state index contributed by atoms with van der Waals surface area (Å²) in [4.78, 5) is 17.4. The van der Waals surface area contributed by atoms with Crippen molar-refractivity contribution in [1.82, 2.24) is 10.3 Å². The number of nitrogens with one attached hydrogen (secondary N) is 1. The summed E-state index contributed by atoms with van der Waals surface area (Å²) in [7, 11) is 0. The zero-order valence-corrected chi connectivity index (χ0v) is 16.5. The summed E-state index contributed by atoms with van der Waals surface area (Å²) in [6, 6.07) is 13.4. The van der Waals surface area contributed by atoms with E-state index in [1.807, 2.05) is 31.2 Å². The number of hydrogen-bond donors (Lipinski definition) is 1. The van der Waals surface area contributed by atoms with E-state index in [0.29, 0.717) is 41.1 Å². The minimum Gasteiger partial charge on any atom is -0.494 e. The third kappa shape index (κ3) is 5.07. The molecule has 0 spiro atoms. The highest BCUT2D eigenvalue weighted by molar-refractivity contribution is 7.17. The molecule has 2 aromatic carbocycles. The number of thiazole rings is 1. The molecule has 0 fully saturated rings. The highest BCUT2D eigenvalue weighted by Crippen LogP contribution is 2.28. The van der Waals surface area contributed by atoms with E-state index in [9.17, 15) is 9.18 Å². The van der Waals surface area contributed by atoms with Gasteiger partial charge >= 0.3 is 0 Å². The van der Waals surface area contributed by atoms with E-state index in [1.54, 1.807) is 19.1 Å². The first kappa shape index (κ1) is 19.8. The molecule has 28 heavy (non-hydrogen) atoms. The fourth-order valence-electron chi connectivity index (χ4n) is 2.54. The van der Waals surface area contributed by atoms with Gasteiger partial charge in [0.15, 0.2) is 0 Å². The highest BCUT2D eigenvalue weighted by Gasteiger charge is 2.16. The number of carbonyl (C=O) groups excluding carboxylic acids is 1. The zero-order chi connectivity index (χ0) is 19.9. The minimum absolute atomic E-state index is 0.196. The summed E-state index contributed by atoms with van der Waals surface area (Å²) in [6.45, 7) is 5.05. The zero-order valence-electron chi connectivity index (χ0n) is 15.7. The fourth-order valence-corrected chi connectivity index (χ4v) is 3.52. The van der Waals surface area contributed by atoms with Crippen LogP contribution in [0.25, 0.3) is 10.6 Å². The van der Waals surface area contributed by atoms with Gasteiger partial charge in [-0.05, 0) is 62.4 Å². The smallest absolute Gasteiger partial charge is 0.263 e. The van der Waals surface area contributed by atoms with Crippen LogP contribution in [0.5, 0.6) is 11.5 Å². The Morgan fingerprint density at radius 1 is 1.07 bits per heavy atom. The number of hydrogen-bond acceptors (Lipinski definition) is 5. The van der Waals surface area contributed by atoms with Gasteiger partial charge in [-0.2, -0.15) is 0 Å². The number of halogens is 1. The number of aromatic nitrogens is 1. The van der Waals surface area contributed by atoms with Crippen LogP contribution in [-0.4, -0.2) is 30.6 Å². The van der Waals surface area contributed by atoms with Gasteiger partial charge < -0.3 is 14.8 Å². The number of nitrogens with zero attached hydrogens (tertiary/aromatic N) is 1. The minimum atomic E-state index is -0.303. The van der Waals surface area contributed by atoms with Crippen molar-refractivity contribution in [2.75, 3.05) is 19.8 Å². The lowest BCUT2D eigenvalue weighted by Crippen LogP contribution is -2.27. The van der Waals surface area contributed by atoms with E-state index in [0.717, 1.165) is 11.3 Å². The van der Waals surface area contributed by atoms with Crippen LogP contribution >= 0.6 is 11.3 Å². The van der Waals surface area contributed by atoms with Gasteiger partial charge in [0.25, 0.3) is 5.91 Å². The van der Waals surface area contributed by atoms with Crippen molar-refractivity contribution in [3.8, 4) is 22.1 Å². The Morgan fingerprint density at radius 2 is 1.71 bits per heavy atom. The van der Waals surface area contributed by atoms with Gasteiger partial charge in [0.1, 0.15) is 33.8 Å². The summed E-state index contributed by atoms with van der Waals surface area (Å²) < 4.78 is 24.1. The standard InChI is InChI=1S/C21H21FN2O3S/c1-3-26-17-8-10-18(11-9-17)27-13-12-23-20(25)19-14(2)24-21(28-19)15-4-6-16(22)7-5-15/h4-11H,3,12-13H2,1-2H3,(H,23,25). The Labute approximate surface area is 167 Å². The van der Waals surface area contributed by atoms with E-state index < -0.39 is 0 Å². The van der Waals surface area contributed by atoms with Gasteiger partial charge in [-0.15, -0.1) is 11.3 Å². The molecule has 0 saturated carbocycles. The van der Waals surface area contributed by atoms with E-state index in [-0.39, 0.29) is 11.7 Å². The van der Waals surface area contributed by atoms with Crippen LogP contribution in [0.4, 0.5) is 4.39 Å². The lowest BCUT2D eigenvalue weighted by atomic mass is 10.2. The molecule has 7 heteroatoms. The van der Waals surface area contributed by atoms with Crippen molar-refractivity contribution in [3.63, 3.8) is 0 Å². The molecule has 0 bridgehead atoms. The van der Waals surface area contributed by atoms with Gasteiger partial charge in [0, 0.05) is 5.56 Å². The Kier molecular flexibility index (Phi) is 6.60. The molecule has 0 unspecified atom stereocenters. The molecule has 0 aliphatic rings.